The first kappa shape index (κ1) is 12.4. The van der Waals surface area contributed by atoms with Crippen molar-refractivity contribution in [2.24, 2.45) is 0 Å². The fourth-order valence-corrected chi connectivity index (χ4v) is 5.74. The van der Waals surface area contributed by atoms with Crippen molar-refractivity contribution in [3.63, 3.8) is 0 Å². The predicted molar refractivity (Wildman–Crippen MR) is 214 cm³/mol. The molecule has 0 aliphatic heterocycles. The molecule has 0 atom stereocenters. The Morgan fingerprint density at radius 1 is 0.220 bits per heavy atom. The summed E-state index contributed by atoms with van der Waals surface area (Å²) < 4.78 is 246. The second kappa shape index (κ2) is 12.8. The van der Waals surface area contributed by atoms with Crippen molar-refractivity contribution < 1.29 is 38.4 Å². The van der Waals surface area contributed by atoms with Gasteiger partial charge in [0.1, 0.15) is 0 Å². The summed E-state index contributed by atoms with van der Waals surface area (Å²) in [4.78, 5) is 0. The van der Waals surface area contributed by atoms with Crippen LogP contribution in [0.4, 0.5) is 0 Å². The summed E-state index contributed by atoms with van der Waals surface area (Å²) in [6, 6.07) is -15.0. The first-order valence-electron chi connectivity index (χ1n) is 29.0. The molecule has 0 fully saturated rings. The molecule has 9 rings (SSSR count). The monoisotopic (exact) mass is 662 g/mol. The fraction of sp³-hybridized carbons (Fsp3) is 0. The van der Waals surface area contributed by atoms with E-state index in [-0.39, 0.29) is 54.9 Å². The molecule has 0 aliphatic carbocycles. The van der Waals surface area contributed by atoms with Gasteiger partial charge in [0.25, 0.3) is 0 Å². The first-order valence-corrected chi connectivity index (χ1v) is 15.0. The second-order valence-corrected chi connectivity index (χ2v) is 10.8. The van der Waals surface area contributed by atoms with Gasteiger partial charge >= 0.3 is 0 Å². The van der Waals surface area contributed by atoms with Crippen LogP contribution in [0.2, 0.25) is 0 Å². The molecule has 0 bridgehead atoms. The van der Waals surface area contributed by atoms with Gasteiger partial charge in [-0.3, -0.25) is 0 Å². The highest BCUT2D eigenvalue weighted by Gasteiger charge is 2.19. The molecule has 0 amide bonds. The van der Waals surface area contributed by atoms with Gasteiger partial charge in [-0.25, -0.2) is 0 Å². The van der Waals surface area contributed by atoms with E-state index in [9.17, 15) is 11.0 Å². The lowest BCUT2D eigenvalue weighted by atomic mass is 9.83. The molecule has 0 heterocycles. The van der Waals surface area contributed by atoms with Gasteiger partial charge in [-0.2, -0.15) is 0 Å². The molecule has 0 radical (unpaired) electrons. The van der Waals surface area contributed by atoms with E-state index in [0.717, 1.165) is 0 Å². The molecule has 0 heteroatoms. The third-order valence-electron chi connectivity index (χ3n) is 7.94. The lowest BCUT2D eigenvalue weighted by molar-refractivity contribution is 1.59. The van der Waals surface area contributed by atoms with Crippen LogP contribution < -0.4 is 0 Å². The zero-order chi connectivity index (χ0) is 57.6. The Labute approximate surface area is 332 Å². The smallest absolute Gasteiger partial charge is 0.0622 e. The Morgan fingerprint density at radius 3 is 0.800 bits per heavy atom. The van der Waals surface area contributed by atoms with Crippen LogP contribution >= 0.6 is 0 Å². The van der Waals surface area contributed by atoms with E-state index in [1.165, 1.54) is 36.4 Å². The first-order chi connectivity index (χ1) is 36.4. The van der Waals surface area contributed by atoms with E-state index >= 15 is 0 Å². The molecule has 234 valence electrons. The van der Waals surface area contributed by atoms with Crippen molar-refractivity contribution in [1.29, 1.82) is 0 Å². The predicted octanol–water partition coefficient (Wildman–Crippen LogP) is 14.0. The minimum absolute atomic E-state index is 0.108. The van der Waals surface area contributed by atoms with Gasteiger partial charge < -0.3 is 0 Å². The molecular formula is C50H34. The van der Waals surface area contributed by atoms with E-state index < -0.39 is 203 Å². The van der Waals surface area contributed by atoms with Crippen molar-refractivity contribution in [3.05, 3.63) is 206 Å². The molecule has 50 heavy (non-hydrogen) atoms. The van der Waals surface area contributed by atoms with E-state index in [1.807, 2.05) is 0 Å². The number of fused-ring (bicyclic) bond motifs is 2. The lowest BCUT2D eigenvalue weighted by Crippen LogP contribution is -1.93. The van der Waals surface area contributed by atoms with Crippen LogP contribution in [0.3, 0.4) is 0 Å². The van der Waals surface area contributed by atoms with Crippen molar-refractivity contribution in [3.8, 4) is 66.8 Å². The van der Waals surface area contributed by atoms with Gasteiger partial charge in [0.05, 0.1) is 38.4 Å². The largest absolute Gasteiger partial charge is 0.0629 e. The maximum atomic E-state index is 9.63. The lowest BCUT2D eigenvalue weighted by Gasteiger charge is -2.20. The molecule has 9 aromatic rings. The van der Waals surface area contributed by atoms with Crippen LogP contribution in [0.15, 0.2) is 206 Å². The molecule has 0 saturated heterocycles. The third kappa shape index (κ3) is 5.48. The van der Waals surface area contributed by atoms with Crippen LogP contribution in [0.25, 0.3) is 88.3 Å². The van der Waals surface area contributed by atoms with E-state index in [0.29, 0.717) is 0 Å². The minimum atomic E-state index is -0.907. The van der Waals surface area contributed by atoms with Crippen molar-refractivity contribution >= 4 is 21.5 Å². The molecule has 0 nitrogen and oxygen atoms in total. The summed E-state index contributed by atoms with van der Waals surface area (Å²) in [5.41, 5.74) is -5.27. The van der Waals surface area contributed by atoms with E-state index in [2.05, 4.69) is 0 Å². The van der Waals surface area contributed by atoms with Crippen LogP contribution in [-0.2, 0) is 0 Å². The molecular weight excluding hydrogens is 601 g/mol. The van der Waals surface area contributed by atoms with E-state index in [1.54, 1.807) is 0 Å². The summed E-state index contributed by atoms with van der Waals surface area (Å²) in [6.07, 6.45) is 0. The van der Waals surface area contributed by atoms with Crippen LogP contribution in [0, 0.1) is 0 Å². The van der Waals surface area contributed by atoms with Gasteiger partial charge in [0, 0.05) is 0 Å². The minimum Gasteiger partial charge on any atom is -0.0622 e. The molecule has 9 aromatic carbocycles. The number of benzene rings is 9. The Bertz CT molecular complexity index is 3790. The Balaban J connectivity index is 1.55. The SMILES string of the molecule is [2H]c1c([2H])c([2H])c(-c2ccc3c(-c4c([2H])c([2H])c(-c5c([2H])c([2H])c([2H])c([2H])c5[2H])c([2H])c4[2H])c4cc(-c5c([2H])c([2H])c([2H])c([2H])c5[2H])ccc4c(-c4c([2H])c([2H])c(-c5c([2H])c([2H])c([2H])c([2H])c5[2H])c([2H])c4[2H])c3c2)c([2H])c1[2H]. The number of rotatable bonds is 6. The maximum absolute atomic E-state index is 9.63. The van der Waals surface area contributed by atoms with Crippen molar-refractivity contribution in [2.75, 3.05) is 0 Å². The fourth-order valence-electron chi connectivity index (χ4n) is 5.74. The zero-order valence-electron chi connectivity index (χ0n) is 53.5. The molecule has 0 unspecified atom stereocenters. The van der Waals surface area contributed by atoms with E-state index in [4.69, 9.17) is 27.4 Å². The standard InChI is InChI=1S/C50H34/c1-5-13-35(14-6-1)39-21-25-41(26-22-39)49-45-31-29-44(38-19-11-4-12-20-38)34-48(45)50(42-27-23-40(24-28-42)36-15-7-2-8-16-36)46-32-30-43(33-47(46)49)37-17-9-3-10-18-37/h1-34H/i1D,2D,3D,4D,5D,6D,7D,8D,9D,10D,11D,12D,13D,14D,15D,16D,17D,18D,19D,20D,21D,22D,23D,24D,25D,26D,27D,28D. The highest BCUT2D eigenvalue weighted by Crippen LogP contribution is 2.46. The summed E-state index contributed by atoms with van der Waals surface area (Å²) in [7, 11) is 0. The van der Waals surface area contributed by atoms with Crippen LogP contribution in [-0.4, -0.2) is 0 Å². The van der Waals surface area contributed by atoms with Gasteiger partial charge in [0.15, 0.2) is 0 Å². The summed E-state index contributed by atoms with van der Waals surface area (Å²) >= 11 is 0. The summed E-state index contributed by atoms with van der Waals surface area (Å²) in [5, 5.41) is -0.593. The third-order valence-corrected chi connectivity index (χ3v) is 7.94. The van der Waals surface area contributed by atoms with Crippen molar-refractivity contribution in [1.82, 2.24) is 0 Å². The molecule has 0 spiro atoms. The molecule has 0 aliphatic rings. The highest BCUT2D eigenvalue weighted by atomic mass is 14.2. The van der Waals surface area contributed by atoms with Crippen molar-refractivity contribution in [2.45, 2.75) is 0 Å². The molecule has 0 saturated carbocycles. The topological polar surface area (TPSA) is 0 Å². The summed E-state index contributed by atoms with van der Waals surface area (Å²) in [5.74, 6) is 0. The second-order valence-electron chi connectivity index (χ2n) is 10.8. The molecule has 0 N–H and O–H groups in total. The Hall–Kier alpha value is -6.50. The quantitative estimate of drug-likeness (QED) is 0.155. The Kier molecular flexibility index (Phi) is 3.19. The number of hydrogen-bond acceptors (Lipinski definition) is 0. The van der Waals surface area contributed by atoms with Crippen LogP contribution in [0.5, 0.6) is 0 Å². The maximum Gasteiger partial charge on any atom is 0.0629 e. The average molecular weight is 663 g/mol. The molecule has 0 aromatic heterocycles. The average Bonchev–Trinajstić information content (AvgIpc) is 3.62. The van der Waals surface area contributed by atoms with Crippen LogP contribution in [0.1, 0.15) is 38.4 Å². The Morgan fingerprint density at radius 2 is 0.480 bits per heavy atom. The zero-order valence-corrected chi connectivity index (χ0v) is 25.5. The van der Waals surface area contributed by atoms with Gasteiger partial charge in [-0.05, 0) is 100 Å². The number of hydrogen-bond donors (Lipinski definition) is 0. The summed E-state index contributed by atoms with van der Waals surface area (Å²) in [6.45, 7) is 0. The normalized spacial score (nSPS) is 19.0. The van der Waals surface area contributed by atoms with Gasteiger partial charge in [-0.15, -0.1) is 0 Å². The highest BCUT2D eigenvalue weighted by molar-refractivity contribution is 6.22. The van der Waals surface area contributed by atoms with Gasteiger partial charge in [-0.1, -0.05) is 193 Å². The van der Waals surface area contributed by atoms with Gasteiger partial charge in [0.2, 0.25) is 0 Å².